The van der Waals surface area contributed by atoms with E-state index in [1.54, 1.807) is 6.08 Å². The highest BCUT2D eigenvalue weighted by Crippen LogP contribution is 2.43. The lowest BCUT2D eigenvalue weighted by Gasteiger charge is -2.25. The molecule has 1 amide bonds. The average molecular weight is 1250 g/mol. The fraction of sp³-hybridized carbons (Fsp3) is 0.759. The van der Waals surface area contributed by atoms with Gasteiger partial charge >= 0.3 is 7.82 Å². The van der Waals surface area contributed by atoms with Crippen LogP contribution in [-0.2, 0) is 18.4 Å². The molecule has 0 spiro atoms. The molecule has 0 radical (unpaired) electrons. The van der Waals surface area contributed by atoms with Crippen molar-refractivity contribution in [3.8, 4) is 0 Å². The summed E-state index contributed by atoms with van der Waals surface area (Å²) in [6.45, 7) is 4.71. The average Bonchev–Trinajstić information content (AvgIpc) is 3.64. The number of phosphoric ester groups is 1. The highest BCUT2D eigenvalue weighted by atomic mass is 31.2. The molecule has 0 aromatic rings. The third-order valence-electron chi connectivity index (χ3n) is 16.5. The van der Waals surface area contributed by atoms with Gasteiger partial charge in [0.2, 0.25) is 5.91 Å². The van der Waals surface area contributed by atoms with Crippen molar-refractivity contribution in [2.75, 3.05) is 40.9 Å². The zero-order valence-electron chi connectivity index (χ0n) is 58.4. The van der Waals surface area contributed by atoms with Crippen LogP contribution in [-0.4, -0.2) is 73.4 Å². The van der Waals surface area contributed by atoms with E-state index in [0.717, 1.165) is 83.5 Å². The van der Waals surface area contributed by atoms with Crippen molar-refractivity contribution in [2.24, 2.45) is 0 Å². The number of quaternary nitrogens is 1. The van der Waals surface area contributed by atoms with Gasteiger partial charge in [-0.1, -0.05) is 348 Å². The van der Waals surface area contributed by atoms with Crippen LogP contribution < -0.4 is 5.32 Å². The fourth-order valence-corrected chi connectivity index (χ4v) is 11.5. The predicted octanol–water partition coefficient (Wildman–Crippen LogP) is 24.2. The number of unbranched alkanes of at least 4 members (excludes halogenated alkanes) is 39. The summed E-state index contributed by atoms with van der Waals surface area (Å²) >= 11 is 0. The maximum absolute atomic E-state index is 13.1. The molecule has 0 aromatic carbocycles. The Kier molecular flexibility index (Phi) is 66.3. The van der Waals surface area contributed by atoms with Crippen LogP contribution in [0.2, 0.25) is 0 Å². The van der Waals surface area contributed by atoms with Gasteiger partial charge in [0.05, 0.1) is 39.9 Å². The molecule has 0 saturated heterocycles. The van der Waals surface area contributed by atoms with Crippen LogP contribution in [0, 0.1) is 0 Å². The fourth-order valence-electron chi connectivity index (χ4n) is 10.7. The minimum absolute atomic E-state index is 0.0523. The number of likely N-dealkylation sites (N-methyl/N-ethyl adjacent to an activating group) is 1. The summed E-state index contributed by atoms with van der Waals surface area (Å²) in [6, 6.07) is -0.873. The first-order valence-electron chi connectivity index (χ1n) is 37.3. The van der Waals surface area contributed by atoms with E-state index >= 15 is 0 Å². The molecule has 9 heteroatoms. The summed E-state index contributed by atoms with van der Waals surface area (Å²) in [5, 5.41) is 14.0. The normalized spacial score (nSPS) is 14.2. The van der Waals surface area contributed by atoms with E-state index in [1.807, 2.05) is 27.2 Å². The van der Waals surface area contributed by atoms with Gasteiger partial charge < -0.3 is 19.8 Å². The molecule has 0 rings (SSSR count). The molecule has 0 fully saturated rings. The molecule has 8 nitrogen and oxygen atoms in total. The van der Waals surface area contributed by atoms with Crippen LogP contribution in [0.25, 0.3) is 0 Å². The maximum Gasteiger partial charge on any atom is 0.472 e. The molecular formula is C79H144N2O6P+. The van der Waals surface area contributed by atoms with Crippen LogP contribution in [0.5, 0.6) is 0 Å². The quantitative estimate of drug-likeness (QED) is 0.0243. The Morgan fingerprint density at radius 1 is 0.398 bits per heavy atom. The molecule has 0 aliphatic rings. The Morgan fingerprint density at radius 2 is 0.693 bits per heavy atom. The van der Waals surface area contributed by atoms with Gasteiger partial charge in [0.15, 0.2) is 0 Å². The first-order chi connectivity index (χ1) is 43.0. The summed E-state index contributed by atoms with van der Waals surface area (Å²) in [5.41, 5.74) is 0. The number of hydrogen-bond donors (Lipinski definition) is 3. The van der Waals surface area contributed by atoms with E-state index < -0.39 is 20.0 Å². The number of carbonyl (C=O) groups is 1. The van der Waals surface area contributed by atoms with Crippen molar-refractivity contribution < 1.29 is 32.9 Å². The van der Waals surface area contributed by atoms with Crippen LogP contribution in [0.1, 0.15) is 335 Å². The van der Waals surface area contributed by atoms with Crippen molar-refractivity contribution in [3.05, 3.63) is 109 Å². The molecule has 88 heavy (non-hydrogen) atoms. The first kappa shape index (κ1) is 85.2. The summed E-state index contributed by atoms with van der Waals surface area (Å²) in [6.07, 6.45) is 101. The number of rotatable bonds is 68. The van der Waals surface area contributed by atoms with Crippen LogP contribution >= 0.6 is 7.82 Å². The van der Waals surface area contributed by atoms with Gasteiger partial charge in [-0.15, -0.1) is 0 Å². The molecule has 0 heterocycles. The SMILES string of the molecule is CC/C=C\C/C=C\C/C=C\C/C=C\C/C=C\C/C=C\C/C=C\CCCCCCCCCCCCCCCC(=O)NC(COP(=O)(O)OCC[N+](C)(C)C)C(O)/C=C/CC/C=C/CCCCCCCCCCCCCCCCCCCCCCCCCCC. The maximum atomic E-state index is 13.1. The number of hydrogen-bond acceptors (Lipinski definition) is 5. The lowest BCUT2D eigenvalue weighted by Crippen LogP contribution is -2.45. The minimum atomic E-state index is -4.37. The highest BCUT2D eigenvalue weighted by molar-refractivity contribution is 7.47. The zero-order chi connectivity index (χ0) is 64.1. The molecule has 0 aliphatic carbocycles. The Morgan fingerprint density at radius 3 is 1.05 bits per heavy atom. The van der Waals surface area contributed by atoms with Crippen molar-refractivity contribution in [1.29, 1.82) is 0 Å². The lowest BCUT2D eigenvalue weighted by molar-refractivity contribution is -0.870. The van der Waals surface area contributed by atoms with Gasteiger partial charge in [0.1, 0.15) is 13.2 Å². The standard InChI is InChI=1S/C79H143N2O6P/c1-6-8-10-12-14-16-18-20-22-24-26-28-30-32-34-36-38-39-40-41-43-45-47-49-51-53-55-57-59-61-63-65-67-69-71-73-79(83)80-77(76-87-88(84,85)86-75-74-81(3,4)5)78(82)72-70-68-66-64-62-60-58-56-54-52-50-48-46-44-42-37-35-33-31-29-27-25-23-21-19-17-15-13-11-9-7-2/h8,10,14,16,20,22,26,28,32,34,38-39,41,43,62,64,70,72,77-78,82H,6-7,9,11-13,15,17-19,21,23-25,27,29-31,33,35-37,40,42,44-61,63,65-69,71,73-76H2,1-5H3,(H-,80,83,84,85)/p+1/b10-8-,16-14-,22-20-,28-26-,34-32-,39-38-,43-41-,64-62+,72-70+. The molecule has 0 aliphatic heterocycles. The van der Waals surface area contributed by atoms with Crippen LogP contribution in [0.15, 0.2) is 109 Å². The van der Waals surface area contributed by atoms with Gasteiger partial charge in [-0.25, -0.2) is 4.57 Å². The first-order valence-corrected chi connectivity index (χ1v) is 38.8. The number of allylic oxidation sites excluding steroid dienone is 17. The number of nitrogens with zero attached hydrogens (tertiary/aromatic N) is 1. The van der Waals surface area contributed by atoms with Crippen molar-refractivity contribution in [1.82, 2.24) is 5.32 Å². The zero-order valence-corrected chi connectivity index (χ0v) is 59.3. The van der Waals surface area contributed by atoms with E-state index in [-0.39, 0.29) is 19.1 Å². The largest absolute Gasteiger partial charge is 0.472 e. The summed E-state index contributed by atoms with van der Waals surface area (Å²) in [7, 11) is 1.55. The Labute approximate surface area is 546 Å². The number of aliphatic hydroxyl groups is 1. The van der Waals surface area contributed by atoms with Crippen molar-refractivity contribution in [2.45, 2.75) is 347 Å². The van der Waals surface area contributed by atoms with Gasteiger partial charge in [-0.3, -0.25) is 13.8 Å². The molecule has 0 aromatic heterocycles. The van der Waals surface area contributed by atoms with Crippen LogP contribution in [0.4, 0.5) is 0 Å². The van der Waals surface area contributed by atoms with Crippen molar-refractivity contribution >= 4 is 13.7 Å². The lowest BCUT2D eigenvalue weighted by atomic mass is 10.0. The Bertz CT molecular complexity index is 1810. The predicted molar refractivity (Wildman–Crippen MR) is 387 cm³/mol. The Hall–Kier alpha value is -2.84. The van der Waals surface area contributed by atoms with Crippen LogP contribution in [0.3, 0.4) is 0 Å². The number of aliphatic hydroxyl groups excluding tert-OH is 1. The number of nitrogens with one attached hydrogen (secondary N) is 1. The molecule has 0 bridgehead atoms. The third kappa shape index (κ3) is 70.6. The molecule has 0 saturated carbocycles. The summed E-state index contributed by atoms with van der Waals surface area (Å²) in [5.74, 6) is -0.188. The second kappa shape index (κ2) is 68.5. The molecule has 3 N–H and O–H groups in total. The number of phosphoric acid groups is 1. The van der Waals surface area contributed by atoms with E-state index in [0.29, 0.717) is 17.4 Å². The summed E-state index contributed by atoms with van der Waals surface area (Å²) in [4.78, 5) is 23.5. The van der Waals surface area contributed by atoms with Gasteiger partial charge in [0.25, 0.3) is 0 Å². The van der Waals surface area contributed by atoms with E-state index in [1.165, 1.54) is 231 Å². The summed E-state index contributed by atoms with van der Waals surface area (Å²) < 4.78 is 23.8. The number of amides is 1. The molecular weight excluding hydrogens is 1100 g/mol. The Balaban J connectivity index is 4.09. The second-order valence-electron chi connectivity index (χ2n) is 26.3. The highest BCUT2D eigenvalue weighted by Gasteiger charge is 2.28. The van der Waals surface area contributed by atoms with Crippen molar-refractivity contribution in [3.63, 3.8) is 0 Å². The smallest absolute Gasteiger partial charge is 0.387 e. The van der Waals surface area contributed by atoms with E-state index in [9.17, 15) is 19.4 Å². The minimum Gasteiger partial charge on any atom is -0.387 e. The molecule has 3 unspecified atom stereocenters. The van der Waals surface area contributed by atoms with Gasteiger partial charge in [0, 0.05) is 6.42 Å². The van der Waals surface area contributed by atoms with Gasteiger partial charge in [-0.2, -0.15) is 0 Å². The van der Waals surface area contributed by atoms with E-state index in [4.69, 9.17) is 9.05 Å². The van der Waals surface area contributed by atoms with E-state index in [2.05, 4.69) is 116 Å². The third-order valence-corrected chi connectivity index (χ3v) is 17.5. The second-order valence-corrected chi connectivity index (χ2v) is 27.7. The molecule has 3 atom stereocenters. The number of carbonyl (C=O) groups excluding carboxylic acids is 1. The van der Waals surface area contributed by atoms with Gasteiger partial charge in [-0.05, 0) is 89.9 Å². The molecule has 510 valence electrons. The topological polar surface area (TPSA) is 105 Å². The monoisotopic (exact) mass is 1250 g/mol.